The fourth-order valence-corrected chi connectivity index (χ4v) is 1.76. The highest BCUT2D eigenvalue weighted by Gasteiger charge is 2.04. The molecule has 1 aromatic carbocycles. The van der Waals surface area contributed by atoms with Gasteiger partial charge in [0.2, 0.25) is 5.95 Å². The highest BCUT2D eigenvalue weighted by molar-refractivity contribution is 5.33. The Balaban J connectivity index is 1.84. The Morgan fingerprint density at radius 3 is 2.72 bits per heavy atom. The van der Waals surface area contributed by atoms with Crippen LogP contribution in [0.15, 0.2) is 42.7 Å². The predicted molar refractivity (Wildman–Crippen MR) is 69.8 cm³/mol. The molecule has 0 fully saturated rings. The number of hydrogen-bond donors (Lipinski definition) is 1. The van der Waals surface area contributed by atoms with E-state index in [-0.39, 0.29) is 6.04 Å². The standard InChI is InChI=1S/C14H16FN3/c1-11(7-8-12-5-3-2-4-6-12)18-14-9-13(15)16-10-17-14/h2-6,9-11H,7-8H2,1H3,(H,16,17,18). The SMILES string of the molecule is CC(CCc1ccccc1)Nc1cc(F)ncn1. The molecule has 0 spiro atoms. The van der Waals surface area contributed by atoms with Crippen molar-refractivity contribution in [2.75, 3.05) is 5.32 Å². The van der Waals surface area contributed by atoms with E-state index in [0.717, 1.165) is 12.8 Å². The molecule has 2 rings (SSSR count). The van der Waals surface area contributed by atoms with Gasteiger partial charge in [-0.3, -0.25) is 0 Å². The zero-order valence-electron chi connectivity index (χ0n) is 10.3. The second-order valence-electron chi connectivity index (χ2n) is 4.30. The monoisotopic (exact) mass is 245 g/mol. The molecular weight excluding hydrogens is 229 g/mol. The Morgan fingerprint density at radius 1 is 1.22 bits per heavy atom. The van der Waals surface area contributed by atoms with Crippen LogP contribution in [-0.2, 0) is 6.42 Å². The molecule has 0 amide bonds. The summed E-state index contributed by atoms with van der Waals surface area (Å²) in [5.74, 6) is 0.0193. The number of halogens is 1. The summed E-state index contributed by atoms with van der Waals surface area (Å²) >= 11 is 0. The van der Waals surface area contributed by atoms with Gasteiger partial charge in [0.1, 0.15) is 12.1 Å². The second-order valence-corrected chi connectivity index (χ2v) is 4.30. The normalized spacial score (nSPS) is 12.1. The van der Waals surface area contributed by atoms with Crippen LogP contribution >= 0.6 is 0 Å². The number of anilines is 1. The Morgan fingerprint density at radius 2 is 2.00 bits per heavy atom. The minimum absolute atomic E-state index is 0.236. The topological polar surface area (TPSA) is 37.8 Å². The van der Waals surface area contributed by atoms with Crippen LogP contribution in [0, 0.1) is 5.95 Å². The van der Waals surface area contributed by atoms with Gasteiger partial charge in [0, 0.05) is 12.1 Å². The van der Waals surface area contributed by atoms with Crippen molar-refractivity contribution in [3.63, 3.8) is 0 Å². The molecule has 3 nitrogen and oxygen atoms in total. The molecule has 0 bridgehead atoms. The van der Waals surface area contributed by atoms with Crippen molar-refractivity contribution in [1.29, 1.82) is 0 Å². The summed E-state index contributed by atoms with van der Waals surface area (Å²) in [5.41, 5.74) is 1.31. The van der Waals surface area contributed by atoms with Crippen LogP contribution in [-0.4, -0.2) is 16.0 Å². The zero-order chi connectivity index (χ0) is 12.8. The van der Waals surface area contributed by atoms with E-state index >= 15 is 0 Å². The van der Waals surface area contributed by atoms with Crippen molar-refractivity contribution in [3.05, 3.63) is 54.2 Å². The fraction of sp³-hybridized carbons (Fsp3) is 0.286. The van der Waals surface area contributed by atoms with Gasteiger partial charge in [0.25, 0.3) is 0 Å². The van der Waals surface area contributed by atoms with Crippen molar-refractivity contribution < 1.29 is 4.39 Å². The molecule has 94 valence electrons. The summed E-state index contributed by atoms with van der Waals surface area (Å²) in [6, 6.07) is 11.8. The third-order valence-corrected chi connectivity index (χ3v) is 2.74. The van der Waals surface area contributed by atoms with Gasteiger partial charge >= 0.3 is 0 Å². The van der Waals surface area contributed by atoms with Crippen molar-refractivity contribution in [3.8, 4) is 0 Å². The lowest BCUT2D eigenvalue weighted by Gasteiger charge is -2.14. The Kier molecular flexibility index (Phi) is 4.23. The summed E-state index contributed by atoms with van der Waals surface area (Å²) < 4.78 is 12.9. The number of aromatic nitrogens is 2. The van der Waals surface area contributed by atoms with E-state index in [1.807, 2.05) is 18.2 Å². The Labute approximate surface area is 106 Å². The number of rotatable bonds is 5. The molecule has 0 radical (unpaired) electrons. The first-order valence-electron chi connectivity index (χ1n) is 6.02. The number of hydrogen-bond acceptors (Lipinski definition) is 3. The van der Waals surface area contributed by atoms with Gasteiger partial charge in [-0.2, -0.15) is 4.39 Å². The van der Waals surface area contributed by atoms with Gasteiger partial charge in [0.05, 0.1) is 0 Å². The maximum Gasteiger partial charge on any atom is 0.217 e. The quantitative estimate of drug-likeness (QED) is 0.823. The molecular formula is C14H16FN3. The van der Waals surface area contributed by atoms with Crippen LogP contribution in [0.25, 0.3) is 0 Å². The lowest BCUT2D eigenvalue weighted by Crippen LogP contribution is -2.17. The van der Waals surface area contributed by atoms with E-state index in [1.54, 1.807) is 0 Å². The number of nitrogens with one attached hydrogen (secondary N) is 1. The molecule has 0 saturated heterocycles. The molecule has 2 aromatic rings. The molecule has 4 heteroatoms. The van der Waals surface area contributed by atoms with Gasteiger partial charge in [0.15, 0.2) is 0 Å². The first-order valence-corrected chi connectivity index (χ1v) is 6.02. The molecule has 1 aromatic heterocycles. The average molecular weight is 245 g/mol. The van der Waals surface area contributed by atoms with Gasteiger partial charge < -0.3 is 5.32 Å². The number of benzene rings is 1. The largest absolute Gasteiger partial charge is 0.367 e. The minimum Gasteiger partial charge on any atom is -0.367 e. The second kappa shape index (κ2) is 6.10. The van der Waals surface area contributed by atoms with E-state index < -0.39 is 5.95 Å². The molecule has 1 N–H and O–H groups in total. The van der Waals surface area contributed by atoms with Crippen molar-refractivity contribution in [2.24, 2.45) is 0 Å². The lowest BCUT2D eigenvalue weighted by molar-refractivity contribution is 0.579. The maximum absolute atomic E-state index is 12.9. The minimum atomic E-state index is -0.511. The van der Waals surface area contributed by atoms with Gasteiger partial charge in [-0.05, 0) is 25.3 Å². The Hall–Kier alpha value is -1.97. The van der Waals surface area contributed by atoms with E-state index in [9.17, 15) is 4.39 Å². The first kappa shape index (κ1) is 12.5. The van der Waals surface area contributed by atoms with Crippen molar-refractivity contribution in [1.82, 2.24) is 9.97 Å². The van der Waals surface area contributed by atoms with Crippen molar-refractivity contribution >= 4 is 5.82 Å². The smallest absolute Gasteiger partial charge is 0.217 e. The molecule has 1 unspecified atom stereocenters. The molecule has 1 heterocycles. The van der Waals surface area contributed by atoms with Crippen LogP contribution in [0.1, 0.15) is 18.9 Å². The van der Waals surface area contributed by atoms with Crippen LogP contribution in [0.5, 0.6) is 0 Å². The number of aryl methyl sites for hydroxylation is 1. The first-order chi connectivity index (χ1) is 8.74. The highest BCUT2D eigenvalue weighted by Crippen LogP contribution is 2.09. The fourth-order valence-electron chi connectivity index (χ4n) is 1.76. The molecule has 18 heavy (non-hydrogen) atoms. The lowest BCUT2D eigenvalue weighted by atomic mass is 10.1. The molecule has 1 atom stereocenters. The summed E-state index contributed by atoms with van der Waals surface area (Å²) in [7, 11) is 0. The van der Waals surface area contributed by atoms with Gasteiger partial charge in [-0.1, -0.05) is 30.3 Å². The highest BCUT2D eigenvalue weighted by atomic mass is 19.1. The van der Waals surface area contributed by atoms with Crippen LogP contribution in [0.3, 0.4) is 0 Å². The van der Waals surface area contributed by atoms with E-state index in [1.165, 1.54) is 18.0 Å². The Bertz CT molecular complexity index is 487. The van der Waals surface area contributed by atoms with Crippen LogP contribution < -0.4 is 5.32 Å². The van der Waals surface area contributed by atoms with Crippen molar-refractivity contribution in [2.45, 2.75) is 25.8 Å². The third kappa shape index (κ3) is 3.80. The van der Waals surface area contributed by atoms with Crippen LogP contribution in [0.4, 0.5) is 10.2 Å². The summed E-state index contributed by atoms with van der Waals surface area (Å²) in [6.07, 6.45) is 3.18. The third-order valence-electron chi connectivity index (χ3n) is 2.74. The van der Waals surface area contributed by atoms with E-state index in [4.69, 9.17) is 0 Å². The van der Waals surface area contributed by atoms with Crippen LogP contribution in [0.2, 0.25) is 0 Å². The summed E-state index contributed by atoms with van der Waals surface area (Å²) in [4.78, 5) is 7.40. The summed E-state index contributed by atoms with van der Waals surface area (Å²) in [5, 5.41) is 3.16. The summed E-state index contributed by atoms with van der Waals surface area (Å²) in [6.45, 7) is 2.06. The number of nitrogens with zero attached hydrogens (tertiary/aromatic N) is 2. The predicted octanol–water partition coefficient (Wildman–Crippen LogP) is 3.05. The molecule has 0 aliphatic carbocycles. The maximum atomic E-state index is 12.9. The van der Waals surface area contributed by atoms with Gasteiger partial charge in [-0.25, -0.2) is 9.97 Å². The van der Waals surface area contributed by atoms with E-state index in [2.05, 4.69) is 34.3 Å². The molecule has 0 aliphatic rings. The van der Waals surface area contributed by atoms with Gasteiger partial charge in [-0.15, -0.1) is 0 Å². The zero-order valence-corrected chi connectivity index (χ0v) is 10.3. The molecule has 0 saturated carbocycles. The molecule has 0 aliphatic heterocycles. The van der Waals surface area contributed by atoms with E-state index in [0.29, 0.717) is 5.82 Å². The average Bonchev–Trinajstić information content (AvgIpc) is 2.38.